The lowest BCUT2D eigenvalue weighted by Crippen LogP contribution is -2.42. The molecule has 1 aromatic rings. The van der Waals surface area contributed by atoms with Crippen molar-refractivity contribution >= 4 is 5.69 Å². The minimum absolute atomic E-state index is 0.116. The maximum absolute atomic E-state index is 5.76. The largest absolute Gasteiger partial charge is 0.481 e. The first kappa shape index (κ1) is 10.3. The molecule has 0 amide bonds. The van der Waals surface area contributed by atoms with E-state index < -0.39 is 0 Å². The summed E-state index contributed by atoms with van der Waals surface area (Å²) in [5.41, 5.74) is 1.01. The second kappa shape index (κ2) is 4.51. The van der Waals surface area contributed by atoms with E-state index in [2.05, 4.69) is 5.32 Å². The maximum Gasteiger partial charge on any atom is 0.195 e. The summed E-state index contributed by atoms with van der Waals surface area (Å²) in [5, 5.41) is 3.28. The summed E-state index contributed by atoms with van der Waals surface area (Å²) < 4.78 is 16.1. The quantitative estimate of drug-likeness (QED) is 0.765. The molecule has 1 aromatic carbocycles. The highest BCUT2D eigenvalue weighted by molar-refractivity contribution is 5.57. The van der Waals surface area contributed by atoms with Gasteiger partial charge in [-0.2, -0.15) is 0 Å². The third kappa shape index (κ3) is 2.06. The monoisotopic (exact) mass is 209 g/mol. The van der Waals surface area contributed by atoms with E-state index in [0.29, 0.717) is 6.54 Å². The first-order valence-electron chi connectivity index (χ1n) is 4.90. The van der Waals surface area contributed by atoms with Crippen LogP contribution in [0.4, 0.5) is 5.69 Å². The van der Waals surface area contributed by atoms with Crippen molar-refractivity contribution in [2.24, 2.45) is 0 Å². The molecule has 1 N–H and O–H groups in total. The summed E-state index contributed by atoms with van der Waals surface area (Å²) >= 11 is 0. The van der Waals surface area contributed by atoms with Crippen LogP contribution in [0.3, 0.4) is 0 Å². The number of fused-ring (bicyclic) bond motifs is 1. The van der Waals surface area contributed by atoms with Crippen LogP contribution in [-0.4, -0.2) is 33.2 Å². The van der Waals surface area contributed by atoms with Gasteiger partial charge >= 0.3 is 0 Å². The summed E-state index contributed by atoms with van der Waals surface area (Å²) in [6.07, 6.45) is -0.458. The van der Waals surface area contributed by atoms with E-state index in [0.717, 1.165) is 11.4 Å². The summed E-state index contributed by atoms with van der Waals surface area (Å²) in [6.45, 7) is 0.684. The zero-order valence-corrected chi connectivity index (χ0v) is 8.90. The molecule has 0 saturated heterocycles. The first-order valence-corrected chi connectivity index (χ1v) is 4.90. The van der Waals surface area contributed by atoms with Crippen molar-refractivity contribution < 1.29 is 14.2 Å². The Hall–Kier alpha value is -1.26. The zero-order chi connectivity index (χ0) is 10.7. The number of rotatable bonds is 3. The van der Waals surface area contributed by atoms with E-state index in [4.69, 9.17) is 14.2 Å². The van der Waals surface area contributed by atoms with Gasteiger partial charge in [-0.05, 0) is 12.1 Å². The highest BCUT2D eigenvalue weighted by Gasteiger charge is 2.27. The second-order valence-corrected chi connectivity index (χ2v) is 3.37. The molecule has 1 aliphatic heterocycles. The van der Waals surface area contributed by atoms with Gasteiger partial charge in [0.2, 0.25) is 0 Å². The molecule has 82 valence electrons. The fourth-order valence-electron chi connectivity index (χ4n) is 1.68. The SMILES string of the molecule is COC(OC)[C@@H]1CNc2ccccc2O1. The predicted octanol–water partition coefficient (Wildman–Crippen LogP) is 1.48. The lowest BCUT2D eigenvalue weighted by atomic mass is 10.2. The van der Waals surface area contributed by atoms with Gasteiger partial charge in [-0.15, -0.1) is 0 Å². The van der Waals surface area contributed by atoms with Crippen LogP contribution in [0.2, 0.25) is 0 Å². The molecule has 0 bridgehead atoms. The fraction of sp³-hybridized carbons (Fsp3) is 0.455. The molecular weight excluding hydrogens is 194 g/mol. The normalized spacial score (nSPS) is 19.3. The molecule has 1 aliphatic rings. The molecule has 0 saturated carbocycles. The standard InChI is InChI=1S/C11H15NO3/c1-13-11(14-2)10-7-12-8-5-3-4-6-9(8)15-10/h3-6,10-12H,7H2,1-2H3/t10-/m0/s1. The molecular formula is C11H15NO3. The molecule has 0 spiro atoms. The van der Waals surface area contributed by atoms with Crippen LogP contribution < -0.4 is 10.1 Å². The van der Waals surface area contributed by atoms with Crippen molar-refractivity contribution in [3.05, 3.63) is 24.3 Å². The molecule has 2 rings (SSSR count). The first-order chi connectivity index (χ1) is 7.35. The second-order valence-electron chi connectivity index (χ2n) is 3.37. The molecule has 0 unspecified atom stereocenters. The maximum atomic E-state index is 5.76. The van der Waals surface area contributed by atoms with Gasteiger partial charge in [-0.3, -0.25) is 0 Å². The van der Waals surface area contributed by atoms with Gasteiger partial charge in [0, 0.05) is 14.2 Å². The Morgan fingerprint density at radius 2 is 2.07 bits per heavy atom. The Morgan fingerprint density at radius 3 is 2.80 bits per heavy atom. The van der Waals surface area contributed by atoms with Crippen molar-refractivity contribution in [3.8, 4) is 5.75 Å². The number of benzene rings is 1. The zero-order valence-electron chi connectivity index (χ0n) is 8.90. The van der Waals surface area contributed by atoms with Crippen LogP contribution in [0.1, 0.15) is 0 Å². The molecule has 0 radical (unpaired) electrons. The highest BCUT2D eigenvalue weighted by Crippen LogP contribution is 2.29. The molecule has 1 atom stereocenters. The number of ether oxygens (including phenoxy) is 3. The summed E-state index contributed by atoms with van der Waals surface area (Å²) in [6, 6.07) is 7.83. The summed E-state index contributed by atoms with van der Waals surface area (Å²) in [4.78, 5) is 0. The van der Waals surface area contributed by atoms with Crippen LogP contribution in [-0.2, 0) is 9.47 Å². The van der Waals surface area contributed by atoms with Gasteiger partial charge in [0.1, 0.15) is 5.75 Å². The van der Waals surface area contributed by atoms with E-state index >= 15 is 0 Å². The van der Waals surface area contributed by atoms with Crippen LogP contribution >= 0.6 is 0 Å². The molecule has 1 heterocycles. The van der Waals surface area contributed by atoms with Crippen LogP contribution in [0.15, 0.2) is 24.3 Å². The van der Waals surface area contributed by atoms with E-state index in [1.165, 1.54) is 0 Å². The smallest absolute Gasteiger partial charge is 0.195 e. The van der Waals surface area contributed by atoms with E-state index in [-0.39, 0.29) is 12.4 Å². The number of hydrogen-bond acceptors (Lipinski definition) is 4. The van der Waals surface area contributed by atoms with Gasteiger partial charge in [0.25, 0.3) is 0 Å². The van der Waals surface area contributed by atoms with Crippen molar-refractivity contribution in [2.45, 2.75) is 12.4 Å². The van der Waals surface area contributed by atoms with Crippen LogP contribution in [0.5, 0.6) is 5.75 Å². The Labute approximate surface area is 89.1 Å². The molecule has 4 nitrogen and oxygen atoms in total. The average Bonchev–Trinajstić information content (AvgIpc) is 2.30. The average molecular weight is 209 g/mol. The van der Waals surface area contributed by atoms with E-state index in [1.54, 1.807) is 14.2 Å². The van der Waals surface area contributed by atoms with E-state index in [9.17, 15) is 0 Å². The van der Waals surface area contributed by atoms with Crippen molar-refractivity contribution in [2.75, 3.05) is 26.1 Å². The van der Waals surface area contributed by atoms with Crippen molar-refractivity contribution in [1.29, 1.82) is 0 Å². The highest BCUT2D eigenvalue weighted by atomic mass is 16.7. The predicted molar refractivity (Wildman–Crippen MR) is 57.2 cm³/mol. The Morgan fingerprint density at radius 1 is 1.33 bits per heavy atom. The lowest BCUT2D eigenvalue weighted by Gasteiger charge is -2.31. The lowest BCUT2D eigenvalue weighted by molar-refractivity contribution is -0.153. The summed E-state index contributed by atoms with van der Waals surface area (Å²) in [7, 11) is 3.22. The number of methoxy groups -OCH3 is 2. The number of para-hydroxylation sites is 2. The molecule has 0 aromatic heterocycles. The Bertz CT molecular complexity index is 325. The molecule has 0 fully saturated rings. The minimum Gasteiger partial charge on any atom is -0.481 e. The number of nitrogens with one attached hydrogen (secondary N) is 1. The Balaban J connectivity index is 2.11. The van der Waals surface area contributed by atoms with Crippen LogP contribution in [0, 0.1) is 0 Å². The van der Waals surface area contributed by atoms with Gasteiger partial charge in [-0.1, -0.05) is 12.1 Å². The molecule has 4 heteroatoms. The molecule has 15 heavy (non-hydrogen) atoms. The van der Waals surface area contributed by atoms with E-state index in [1.807, 2.05) is 24.3 Å². The van der Waals surface area contributed by atoms with Crippen LogP contribution in [0.25, 0.3) is 0 Å². The van der Waals surface area contributed by atoms with Gasteiger partial charge in [0.15, 0.2) is 12.4 Å². The number of hydrogen-bond donors (Lipinski definition) is 1. The van der Waals surface area contributed by atoms with Gasteiger partial charge < -0.3 is 19.5 Å². The minimum atomic E-state index is -0.342. The number of anilines is 1. The third-order valence-corrected chi connectivity index (χ3v) is 2.43. The summed E-state index contributed by atoms with van der Waals surface area (Å²) in [5.74, 6) is 0.841. The van der Waals surface area contributed by atoms with Gasteiger partial charge in [0.05, 0.1) is 12.2 Å². The topological polar surface area (TPSA) is 39.7 Å². The Kier molecular flexibility index (Phi) is 3.08. The fourth-order valence-corrected chi connectivity index (χ4v) is 1.68. The van der Waals surface area contributed by atoms with Crippen molar-refractivity contribution in [1.82, 2.24) is 0 Å². The van der Waals surface area contributed by atoms with Crippen molar-refractivity contribution in [3.63, 3.8) is 0 Å². The van der Waals surface area contributed by atoms with Gasteiger partial charge in [-0.25, -0.2) is 0 Å². The third-order valence-electron chi connectivity index (χ3n) is 2.43. The molecule has 0 aliphatic carbocycles.